The van der Waals surface area contributed by atoms with Crippen molar-refractivity contribution in [3.05, 3.63) is 81.9 Å². The van der Waals surface area contributed by atoms with E-state index >= 15 is 0 Å². The van der Waals surface area contributed by atoms with Crippen LogP contribution in [-0.2, 0) is 19.0 Å². The zero-order valence-electron chi connectivity index (χ0n) is 14.2. The molecule has 0 saturated carbocycles. The number of hydrogen-bond acceptors (Lipinski definition) is 1. The number of benzene rings is 2. The van der Waals surface area contributed by atoms with E-state index in [-0.39, 0.29) is 0 Å². The summed E-state index contributed by atoms with van der Waals surface area (Å²) in [5.41, 5.74) is 10.1. The van der Waals surface area contributed by atoms with Crippen molar-refractivity contribution >= 4 is 22.7 Å². The first-order valence-electron chi connectivity index (χ1n) is 8.39. The van der Waals surface area contributed by atoms with Gasteiger partial charge < -0.3 is 5.73 Å². The highest BCUT2D eigenvalue weighted by Gasteiger charge is 2.31. The van der Waals surface area contributed by atoms with E-state index in [2.05, 4.69) is 6.58 Å². The van der Waals surface area contributed by atoms with Gasteiger partial charge >= 0.3 is 6.18 Å². The van der Waals surface area contributed by atoms with Crippen molar-refractivity contribution in [3.8, 4) is 0 Å². The van der Waals surface area contributed by atoms with Crippen molar-refractivity contribution in [1.82, 2.24) is 0 Å². The number of alkyl halides is 3. The average molecular weight is 378 g/mol. The fourth-order valence-electron chi connectivity index (χ4n) is 3.32. The summed E-state index contributed by atoms with van der Waals surface area (Å²) in [4.78, 5) is 0. The molecule has 1 aliphatic carbocycles. The maximum Gasteiger partial charge on any atom is 0.416 e. The molecule has 0 fully saturated rings. The smallest absolute Gasteiger partial charge is 0.330 e. The van der Waals surface area contributed by atoms with Crippen molar-refractivity contribution in [1.29, 1.82) is 0 Å². The Bertz CT molecular complexity index is 881. The molecule has 3 rings (SSSR count). The summed E-state index contributed by atoms with van der Waals surface area (Å²) in [7, 11) is 0. The predicted molar refractivity (Wildman–Crippen MR) is 101 cm³/mol. The second-order valence-electron chi connectivity index (χ2n) is 6.40. The van der Waals surface area contributed by atoms with Crippen LogP contribution in [0.25, 0.3) is 11.1 Å². The largest absolute Gasteiger partial charge is 0.416 e. The Labute approximate surface area is 156 Å². The summed E-state index contributed by atoms with van der Waals surface area (Å²) >= 11 is 6.34. The molecule has 0 unspecified atom stereocenters. The molecule has 5 heteroatoms. The third-order valence-corrected chi connectivity index (χ3v) is 4.96. The molecule has 0 aliphatic heterocycles. The first-order chi connectivity index (χ1) is 12.3. The van der Waals surface area contributed by atoms with Crippen LogP contribution >= 0.6 is 11.6 Å². The molecule has 2 aromatic rings. The van der Waals surface area contributed by atoms with Crippen molar-refractivity contribution in [2.45, 2.75) is 25.4 Å². The van der Waals surface area contributed by atoms with Crippen LogP contribution in [0.15, 0.2) is 49.1 Å². The third-order valence-electron chi connectivity index (χ3n) is 4.61. The molecule has 2 aromatic carbocycles. The van der Waals surface area contributed by atoms with Crippen LogP contribution in [0.4, 0.5) is 13.2 Å². The van der Waals surface area contributed by atoms with Crippen LogP contribution in [0.1, 0.15) is 34.2 Å². The standard InChI is InChI=1S/C21H19ClF3N/c1-13-10-15(12-19-17(13)5-2-6-20(19)22)18-8-7-16(21(23,24)25)11-14(18)4-3-9-26/h2,5-8,10-11H,1,3-4,9,12,26H2. The SMILES string of the molecule is C=C1C=C(c2ccc(C(F)(F)F)cc2CCCN)Cc2c(Cl)cccc21. The highest BCUT2D eigenvalue weighted by molar-refractivity contribution is 6.31. The van der Waals surface area contributed by atoms with E-state index in [0.717, 1.165) is 33.9 Å². The Balaban J connectivity index is 2.06. The van der Waals surface area contributed by atoms with Gasteiger partial charge in [-0.05, 0) is 71.0 Å². The topological polar surface area (TPSA) is 26.0 Å². The number of hydrogen-bond donors (Lipinski definition) is 1. The first kappa shape index (κ1) is 18.7. The molecule has 1 nitrogen and oxygen atoms in total. The number of allylic oxidation sites excluding steroid dienone is 3. The molecular formula is C21H19ClF3N. The van der Waals surface area contributed by atoms with Crippen LogP contribution in [0.2, 0.25) is 5.02 Å². The lowest BCUT2D eigenvalue weighted by atomic mass is 9.83. The summed E-state index contributed by atoms with van der Waals surface area (Å²) in [5.74, 6) is 0. The second kappa shape index (κ2) is 7.29. The van der Waals surface area contributed by atoms with E-state index in [9.17, 15) is 13.2 Å². The van der Waals surface area contributed by atoms with Gasteiger partial charge in [-0.1, -0.05) is 42.5 Å². The molecule has 0 saturated heterocycles. The van der Waals surface area contributed by atoms with E-state index in [1.165, 1.54) is 6.07 Å². The molecule has 136 valence electrons. The minimum atomic E-state index is -4.36. The molecule has 0 amide bonds. The fourth-order valence-corrected chi connectivity index (χ4v) is 3.57. The lowest BCUT2D eigenvalue weighted by Crippen LogP contribution is -2.10. The van der Waals surface area contributed by atoms with Crippen LogP contribution in [0, 0.1) is 0 Å². The maximum absolute atomic E-state index is 13.1. The molecule has 0 radical (unpaired) electrons. The molecule has 0 spiro atoms. The van der Waals surface area contributed by atoms with E-state index in [0.29, 0.717) is 36.4 Å². The lowest BCUT2D eigenvalue weighted by molar-refractivity contribution is -0.137. The Morgan fingerprint density at radius 1 is 1.12 bits per heavy atom. The van der Waals surface area contributed by atoms with Crippen LogP contribution in [-0.4, -0.2) is 6.54 Å². The summed E-state index contributed by atoms with van der Waals surface area (Å²) in [6.07, 6.45) is -0.743. The average Bonchev–Trinajstić information content (AvgIpc) is 2.59. The van der Waals surface area contributed by atoms with Crippen molar-refractivity contribution < 1.29 is 13.2 Å². The summed E-state index contributed by atoms with van der Waals surface area (Å²) < 4.78 is 39.3. The molecular weight excluding hydrogens is 359 g/mol. The predicted octanol–water partition coefficient (Wildman–Crippen LogP) is 5.90. The van der Waals surface area contributed by atoms with Gasteiger partial charge in [0, 0.05) is 11.4 Å². The number of fused-ring (bicyclic) bond motifs is 1. The van der Waals surface area contributed by atoms with Crippen molar-refractivity contribution in [2.24, 2.45) is 5.73 Å². The molecule has 0 aromatic heterocycles. The van der Waals surface area contributed by atoms with Gasteiger partial charge in [-0.2, -0.15) is 13.2 Å². The quantitative estimate of drug-likeness (QED) is 0.705. The van der Waals surface area contributed by atoms with Gasteiger partial charge in [0.05, 0.1) is 5.56 Å². The van der Waals surface area contributed by atoms with Gasteiger partial charge in [0.1, 0.15) is 0 Å². The van der Waals surface area contributed by atoms with Crippen LogP contribution in [0.5, 0.6) is 0 Å². The minimum absolute atomic E-state index is 0.427. The van der Waals surface area contributed by atoms with Gasteiger partial charge in [0.2, 0.25) is 0 Å². The number of rotatable bonds is 4. The van der Waals surface area contributed by atoms with E-state index in [4.69, 9.17) is 17.3 Å². The van der Waals surface area contributed by atoms with Gasteiger partial charge in [-0.3, -0.25) is 0 Å². The Morgan fingerprint density at radius 3 is 2.58 bits per heavy atom. The molecule has 0 heterocycles. The third kappa shape index (κ3) is 3.71. The van der Waals surface area contributed by atoms with Crippen LogP contribution in [0.3, 0.4) is 0 Å². The Kier molecular flexibility index (Phi) is 5.26. The van der Waals surface area contributed by atoms with Gasteiger partial charge in [0.25, 0.3) is 0 Å². The van der Waals surface area contributed by atoms with E-state index in [1.54, 1.807) is 6.07 Å². The minimum Gasteiger partial charge on any atom is -0.330 e. The van der Waals surface area contributed by atoms with Crippen molar-refractivity contribution in [2.75, 3.05) is 6.54 Å². The van der Waals surface area contributed by atoms with E-state index in [1.807, 2.05) is 24.3 Å². The molecule has 26 heavy (non-hydrogen) atoms. The zero-order chi connectivity index (χ0) is 18.9. The Hall–Kier alpha value is -2.04. The fraction of sp³-hybridized carbons (Fsp3) is 0.238. The van der Waals surface area contributed by atoms with E-state index < -0.39 is 11.7 Å². The van der Waals surface area contributed by atoms with Crippen LogP contribution < -0.4 is 5.73 Å². The van der Waals surface area contributed by atoms with Gasteiger partial charge in [-0.15, -0.1) is 0 Å². The highest BCUT2D eigenvalue weighted by atomic mass is 35.5. The summed E-state index contributed by atoms with van der Waals surface area (Å²) in [6.45, 7) is 4.51. The summed E-state index contributed by atoms with van der Waals surface area (Å²) in [6, 6.07) is 9.56. The number of halogens is 4. The first-order valence-corrected chi connectivity index (χ1v) is 8.77. The summed E-state index contributed by atoms with van der Waals surface area (Å²) in [5, 5.41) is 0.643. The molecule has 0 atom stereocenters. The lowest BCUT2D eigenvalue weighted by Gasteiger charge is -2.22. The second-order valence-corrected chi connectivity index (χ2v) is 6.81. The number of nitrogens with two attached hydrogens (primary N) is 1. The highest BCUT2D eigenvalue weighted by Crippen LogP contribution is 2.39. The Morgan fingerprint density at radius 2 is 1.88 bits per heavy atom. The molecule has 1 aliphatic rings. The maximum atomic E-state index is 13.1. The number of aryl methyl sites for hydroxylation is 1. The van der Waals surface area contributed by atoms with Gasteiger partial charge in [0.15, 0.2) is 0 Å². The monoisotopic (exact) mass is 377 g/mol. The molecule has 0 bridgehead atoms. The normalized spacial score (nSPS) is 14.2. The zero-order valence-corrected chi connectivity index (χ0v) is 14.9. The molecule has 2 N–H and O–H groups in total. The van der Waals surface area contributed by atoms with Gasteiger partial charge in [-0.25, -0.2) is 0 Å². The van der Waals surface area contributed by atoms with Crippen molar-refractivity contribution in [3.63, 3.8) is 0 Å².